The number of para-hydroxylation sites is 1. The molecule has 2 aromatic carbocycles. The van der Waals surface area contributed by atoms with Gasteiger partial charge in [0.05, 0.1) is 12.2 Å². The van der Waals surface area contributed by atoms with Crippen molar-refractivity contribution in [2.24, 2.45) is 0 Å². The summed E-state index contributed by atoms with van der Waals surface area (Å²) in [5, 5.41) is 2.84. The summed E-state index contributed by atoms with van der Waals surface area (Å²) in [5.41, 5.74) is 1.45. The molecule has 102 valence electrons. The lowest BCUT2D eigenvalue weighted by atomic mass is 10.1. The van der Waals surface area contributed by atoms with Crippen LogP contribution < -0.4 is 14.8 Å². The number of fused-ring (bicyclic) bond motifs is 1. The molecule has 0 saturated heterocycles. The fourth-order valence-electron chi connectivity index (χ4n) is 2.17. The molecule has 0 spiro atoms. The van der Waals surface area contributed by atoms with Crippen molar-refractivity contribution in [2.45, 2.75) is 13.2 Å². The fourth-order valence-corrected chi connectivity index (χ4v) is 2.17. The lowest BCUT2D eigenvalue weighted by Crippen LogP contribution is -2.36. The van der Waals surface area contributed by atoms with Crippen LogP contribution in [0.5, 0.6) is 11.5 Å². The van der Waals surface area contributed by atoms with Gasteiger partial charge in [-0.1, -0.05) is 12.1 Å². The van der Waals surface area contributed by atoms with Crippen molar-refractivity contribution in [2.75, 3.05) is 6.61 Å². The van der Waals surface area contributed by atoms with Gasteiger partial charge in [0.2, 0.25) is 0 Å². The number of benzene rings is 2. The van der Waals surface area contributed by atoms with Gasteiger partial charge in [-0.2, -0.15) is 0 Å². The van der Waals surface area contributed by atoms with E-state index in [1.807, 2.05) is 43.3 Å². The molecule has 0 radical (unpaired) electrons. The predicted molar refractivity (Wildman–Crippen MR) is 74.9 cm³/mol. The van der Waals surface area contributed by atoms with E-state index in [0.29, 0.717) is 17.9 Å². The summed E-state index contributed by atoms with van der Waals surface area (Å²) in [5.74, 6) is 1.29. The first-order chi connectivity index (χ1) is 9.78. The largest absolute Gasteiger partial charge is 0.494 e. The Labute approximate surface area is 117 Å². The molecule has 1 atom stereocenters. The van der Waals surface area contributed by atoms with Crippen LogP contribution in [0.3, 0.4) is 0 Å². The van der Waals surface area contributed by atoms with Gasteiger partial charge < -0.3 is 14.8 Å². The highest BCUT2D eigenvalue weighted by molar-refractivity contribution is 5.97. The first-order valence-corrected chi connectivity index (χ1v) is 6.57. The molecule has 0 aliphatic carbocycles. The maximum absolute atomic E-state index is 12.0. The van der Waals surface area contributed by atoms with E-state index < -0.39 is 6.23 Å². The van der Waals surface area contributed by atoms with Gasteiger partial charge in [-0.05, 0) is 43.3 Å². The average molecular weight is 269 g/mol. The number of nitrogens with one attached hydrogen (secondary N) is 1. The first kappa shape index (κ1) is 12.5. The van der Waals surface area contributed by atoms with Crippen molar-refractivity contribution in [3.05, 3.63) is 59.7 Å². The van der Waals surface area contributed by atoms with Gasteiger partial charge in [0.15, 0.2) is 6.23 Å². The summed E-state index contributed by atoms with van der Waals surface area (Å²) in [7, 11) is 0. The summed E-state index contributed by atoms with van der Waals surface area (Å²) < 4.78 is 11.2. The summed E-state index contributed by atoms with van der Waals surface area (Å²) in [6, 6.07) is 14.7. The number of carbonyl (C=O) groups excluding carboxylic acids is 1. The molecule has 0 bridgehead atoms. The first-order valence-electron chi connectivity index (χ1n) is 6.57. The molecule has 1 amide bonds. The Morgan fingerprint density at radius 1 is 1.15 bits per heavy atom. The molecule has 0 fully saturated rings. The van der Waals surface area contributed by atoms with Crippen molar-refractivity contribution < 1.29 is 14.3 Å². The molecule has 4 nitrogen and oxygen atoms in total. The van der Waals surface area contributed by atoms with Crippen LogP contribution in [-0.2, 0) is 0 Å². The van der Waals surface area contributed by atoms with E-state index in [0.717, 1.165) is 11.3 Å². The third-order valence-corrected chi connectivity index (χ3v) is 3.13. The highest BCUT2D eigenvalue weighted by Gasteiger charge is 2.25. The Kier molecular flexibility index (Phi) is 3.29. The molecule has 1 aliphatic rings. The van der Waals surface area contributed by atoms with Crippen LogP contribution in [0, 0.1) is 0 Å². The van der Waals surface area contributed by atoms with Crippen LogP contribution in [0.4, 0.5) is 0 Å². The van der Waals surface area contributed by atoms with Gasteiger partial charge >= 0.3 is 0 Å². The highest BCUT2D eigenvalue weighted by Crippen LogP contribution is 2.29. The number of rotatable bonds is 3. The van der Waals surface area contributed by atoms with E-state index in [9.17, 15) is 4.79 Å². The number of hydrogen-bond acceptors (Lipinski definition) is 3. The van der Waals surface area contributed by atoms with Crippen molar-refractivity contribution in [3.8, 4) is 11.5 Å². The van der Waals surface area contributed by atoms with E-state index in [1.165, 1.54) is 0 Å². The molecular formula is C16H15NO3. The van der Waals surface area contributed by atoms with E-state index in [4.69, 9.17) is 9.47 Å². The lowest BCUT2D eigenvalue weighted by Gasteiger charge is -2.27. The SMILES string of the molecule is CCOc1ccc([C@H]2NC(=O)c3ccccc3O2)cc1. The number of carbonyl (C=O) groups is 1. The second kappa shape index (κ2) is 5.25. The van der Waals surface area contributed by atoms with Gasteiger partial charge in [-0.25, -0.2) is 0 Å². The second-order valence-corrected chi connectivity index (χ2v) is 4.47. The maximum atomic E-state index is 12.0. The number of hydrogen-bond donors (Lipinski definition) is 1. The molecule has 3 rings (SSSR count). The van der Waals surface area contributed by atoms with E-state index >= 15 is 0 Å². The summed E-state index contributed by atoms with van der Waals surface area (Å²) in [4.78, 5) is 12.0. The van der Waals surface area contributed by atoms with E-state index in [1.54, 1.807) is 12.1 Å². The number of ether oxygens (including phenoxy) is 2. The van der Waals surface area contributed by atoms with Crippen LogP contribution in [0.25, 0.3) is 0 Å². The second-order valence-electron chi connectivity index (χ2n) is 4.47. The Hall–Kier alpha value is -2.49. The highest BCUT2D eigenvalue weighted by atomic mass is 16.5. The minimum atomic E-state index is -0.465. The topological polar surface area (TPSA) is 47.6 Å². The normalized spacial score (nSPS) is 16.9. The molecule has 2 aromatic rings. The molecule has 0 saturated carbocycles. The Morgan fingerprint density at radius 2 is 1.90 bits per heavy atom. The zero-order chi connectivity index (χ0) is 13.9. The summed E-state index contributed by atoms with van der Waals surface area (Å²) >= 11 is 0. The third-order valence-electron chi connectivity index (χ3n) is 3.13. The minimum absolute atomic E-state index is 0.120. The standard InChI is InChI=1S/C16H15NO3/c1-2-19-12-9-7-11(8-10-12)16-17-15(18)13-5-3-4-6-14(13)20-16/h3-10,16H,2H2,1H3,(H,17,18)/t16-/m0/s1. The van der Waals surface area contributed by atoms with Crippen LogP contribution in [0.2, 0.25) is 0 Å². The molecule has 0 aromatic heterocycles. The van der Waals surface area contributed by atoms with Gasteiger partial charge in [0.1, 0.15) is 11.5 Å². The van der Waals surface area contributed by atoms with Crippen LogP contribution in [0.15, 0.2) is 48.5 Å². The lowest BCUT2D eigenvalue weighted by molar-refractivity contribution is 0.0756. The van der Waals surface area contributed by atoms with Crippen molar-refractivity contribution in [1.29, 1.82) is 0 Å². The monoisotopic (exact) mass is 269 g/mol. The van der Waals surface area contributed by atoms with E-state index in [2.05, 4.69) is 5.32 Å². The summed E-state index contributed by atoms with van der Waals surface area (Å²) in [6.45, 7) is 2.57. The molecule has 1 aliphatic heterocycles. The van der Waals surface area contributed by atoms with Gasteiger partial charge in [-0.15, -0.1) is 0 Å². The average Bonchev–Trinajstić information content (AvgIpc) is 2.48. The zero-order valence-corrected chi connectivity index (χ0v) is 11.1. The van der Waals surface area contributed by atoms with Gasteiger partial charge in [0, 0.05) is 5.56 Å². The van der Waals surface area contributed by atoms with Crippen LogP contribution in [-0.4, -0.2) is 12.5 Å². The zero-order valence-electron chi connectivity index (χ0n) is 11.1. The van der Waals surface area contributed by atoms with Gasteiger partial charge in [-0.3, -0.25) is 4.79 Å². The van der Waals surface area contributed by atoms with Crippen LogP contribution in [0.1, 0.15) is 29.1 Å². The Bertz CT molecular complexity index is 622. The molecule has 20 heavy (non-hydrogen) atoms. The molecule has 0 unspecified atom stereocenters. The smallest absolute Gasteiger partial charge is 0.258 e. The third kappa shape index (κ3) is 2.32. The quantitative estimate of drug-likeness (QED) is 0.932. The number of amides is 1. The summed E-state index contributed by atoms with van der Waals surface area (Å²) in [6.07, 6.45) is -0.465. The van der Waals surface area contributed by atoms with Crippen molar-refractivity contribution in [1.82, 2.24) is 5.32 Å². The van der Waals surface area contributed by atoms with Crippen LogP contribution >= 0.6 is 0 Å². The molecular weight excluding hydrogens is 254 g/mol. The van der Waals surface area contributed by atoms with E-state index in [-0.39, 0.29) is 5.91 Å². The predicted octanol–water partition coefficient (Wildman–Crippen LogP) is 2.91. The Balaban J connectivity index is 1.84. The van der Waals surface area contributed by atoms with Crippen molar-refractivity contribution >= 4 is 5.91 Å². The molecule has 1 N–H and O–H groups in total. The molecule has 1 heterocycles. The fraction of sp³-hybridized carbons (Fsp3) is 0.188. The van der Waals surface area contributed by atoms with Crippen molar-refractivity contribution in [3.63, 3.8) is 0 Å². The Morgan fingerprint density at radius 3 is 2.65 bits per heavy atom. The molecule has 4 heteroatoms. The van der Waals surface area contributed by atoms with Gasteiger partial charge in [0.25, 0.3) is 5.91 Å². The minimum Gasteiger partial charge on any atom is -0.494 e. The maximum Gasteiger partial charge on any atom is 0.258 e.